The van der Waals surface area contributed by atoms with E-state index in [2.05, 4.69) is 5.10 Å². The first kappa shape index (κ1) is 10.6. The largest absolute Gasteiger partial charge is 0.374 e. The number of nitrogens with zero attached hydrogens (tertiary/aromatic N) is 2. The van der Waals surface area contributed by atoms with Crippen molar-refractivity contribution >= 4 is 0 Å². The Morgan fingerprint density at radius 1 is 1.19 bits per heavy atom. The third-order valence-corrected chi connectivity index (χ3v) is 2.35. The summed E-state index contributed by atoms with van der Waals surface area (Å²) in [6.45, 7) is 1.60. The van der Waals surface area contributed by atoms with Crippen LogP contribution in [0.25, 0.3) is 11.3 Å². The lowest BCUT2D eigenvalue weighted by molar-refractivity contribution is 0.189. The molecule has 2 aromatic rings. The van der Waals surface area contributed by atoms with Gasteiger partial charge in [0.2, 0.25) is 0 Å². The molecular weight excluding hydrogens is 204 g/mol. The maximum Gasteiger partial charge on any atom is 0.268 e. The highest BCUT2D eigenvalue weighted by atomic mass is 16.3. The van der Waals surface area contributed by atoms with Gasteiger partial charge in [-0.3, -0.25) is 4.79 Å². The third-order valence-electron chi connectivity index (χ3n) is 2.35. The van der Waals surface area contributed by atoms with Gasteiger partial charge in [-0.15, -0.1) is 0 Å². The highest BCUT2D eigenvalue weighted by Crippen LogP contribution is 2.15. The lowest BCUT2D eigenvalue weighted by atomic mass is 10.1. The van der Waals surface area contributed by atoms with Crippen LogP contribution in [0.3, 0.4) is 0 Å². The molecule has 0 fully saturated rings. The smallest absolute Gasteiger partial charge is 0.268 e. The molecule has 82 valence electrons. The quantitative estimate of drug-likeness (QED) is 0.819. The maximum absolute atomic E-state index is 11.2. The van der Waals surface area contributed by atoms with Gasteiger partial charge in [0, 0.05) is 11.6 Å². The van der Waals surface area contributed by atoms with E-state index < -0.39 is 6.73 Å². The number of aliphatic hydroxyl groups is 1. The van der Waals surface area contributed by atoms with E-state index in [1.807, 2.05) is 31.2 Å². The fraction of sp³-hybridized carbons (Fsp3) is 0.167. The normalized spacial score (nSPS) is 10.4. The first-order valence-electron chi connectivity index (χ1n) is 4.97. The van der Waals surface area contributed by atoms with E-state index >= 15 is 0 Å². The molecule has 0 unspecified atom stereocenters. The fourth-order valence-corrected chi connectivity index (χ4v) is 1.43. The maximum atomic E-state index is 11.2. The summed E-state index contributed by atoms with van der Waals surface area (Å²) >= 11 is 0. The lowest BCUT2D eigenvalue weighted by Gasteiger charge is -2.04. The molecule has 0 aliphatic heterocycles. The average Bonchev–Trinajstić information content (AvgIpc) is 2.31. The van der Waals surface area contributed by atoms with Crippen LogP contribution in [-0.4, -0.2) is 14.9 Å². The zero-order valence-electron chi connectivity index (χ0n) is 8.92. The molecule has 0 bridgehead atoms. The lowest BCUT2D eigenvalue weighted by Crippen LogP contribution is -2.21. The molecule has 0 spiro atoms. The van der Waals surface area contributed by atoms with Crippen LogP contribution in [0, 0.1) is 6.92 Å². The van der Waals surface area contributed by atoms with E-state index in [0.717, 1.165) is 10.2 Å². The Labute approximate surface area is 92.8 Å². The van der Waals surface area contributed by atoms with E-state index in [1.54, 1.807) is 6.07 Å². The van der Waals surface area contributed by atoms with Crippen molar-refractivity contribution in [2.24, 2.45) is 0 Å². The number of benzene rings is 1. The van der Waals surface area contributed by atoms with Crippen LogP contribution in [0.5, 0.6) is 0 Å². The highest BCUT2D eigenvalue weighted by molar-refractivity contribution is 5.58. The molecular formula is C12H12N2O2. The highest BCUT2D eigenvalue weighted by Gasteiger charge is 2.01. The molecule has 1 aromatic carbocycles. The summed E-state index contributed by atoms with van der Waals surface area (Å²) in [6.07, 6.45) is 0. The predicted molar refractivity (Wildman–Crippen MR) is 60.9 cm³/mol. The van der Waals surface area contributed by atoms with E-state index in [9.17, 15) is 4.79 Å². The second-order valence-electron chi connectivity index (χ2n) is 3.56. The number of hydrogen-bond acceptors (Lipinski definition) is 3. The summed E-state index contributed by atoms with van der Waals surface area (Å²) in [4.78, 5) is 11.2. The summed E-state index contributed by atoms with van der Waals surface area (Å²) in [7, 11) is 0. The molecule has 4 nitrogen and oxygen atoms in total. The van der Waals surface area contributed by atoms with Crippen molar-refractivity contribution < 1.29 is 5.11 Å². The Hall–Kier alpha value is -1.94. The van der Waals surface area contributed by atoms with Crippen molar-refractivity contribution in [1.29, 1.82) is 0 Å². The Bertz CT molecular complexity index is 544. The number of aliphatic hydroxyl groups excluding tert-OH is 1. The van der Waals surface area contributed by atoms with Gasteiger partial charge in [0.05, 0.1) is 5.69 Å². The molecule has 2 rings (SSSR count). The van der Waals surface area contributed by atoms with Crippen molar-refractivity contribution in [3.05, 3.63) is 52.3 Å². The summed E-state index contributed by atoms with van der Waals surface area (Å²) in [5.74, 6) is 0. The predicted octanol–water partition coefficient (Wildman–Crippen LogP) is 1.17. The van der Waals surface area contributed by atoms with E-state index in [-0.39, 0.29) is 5.56 Å². The van der Waals surface area contributed by atoms with Gasteiger partial charge in [0.1, 0.15) is 6.73 Å². The molecule has 0 aliphatic rings. The first-order chi connectivity index (χ1) is 7.70. The Kier molecular flexibility index (Phi) is 2.83. The molecule has 0 radical (unpaired) electrons. The summed E-state index contributed by atoms with van der Waals surface area (Å²) < 4.78 is 1.02. The van der Waals surface area contributed by atoms with Gasteiger partial charge in [-0.2, -0.15) is 5.10 Å². The minimum absolute atomic E-state index is 0.307. The van der Waals surface area contributed by atoms with E-state index in [1.165, 1.54) is 11.6 Å². The second kappa shape index (κ2) is 4.28. The molecule has 0 amide bonds. The SMILES string of the molecule is Cc1ccc(-c2ccc(=O)n(CO)n2)cc1. The summed E-state index contributed by atoms with van der Waals surface area (Å²) in [5.41, 5.74) is 2.46. The van der Waals surface area contributed by atoms with Gasteiger partial charge in [0.25, 0.3) is 5.56 Å². The number of hydrogen-bond donors (Lipinski definition) is 1. The van der Waals surface area contributed by atoms with Crippen molar-refractivity contribution in [2.75, 3.05) is 0 Å². The van der Waals surface area contributed by atoms with Crippen LogP contribution in [0.15, 0.2) is 41.2 Å². The van der Waals surface area contributed by atoms with Gasteiger partial charge < -0.3 is 5.11 Å². The summed E-state index contributed by atoms with van der Waals surface area (Å²) in [5, 5.41) is 13.0. The number of rotatable bonds is 2. The topological polar surface area (TPSA) is 55.1 Å². The minimum Gasteiger partial charge on any atom is -0.374 e. The van der Waals surface area contributed by atoms with Crippen molar-refractivity contribution in [2.45, 2.75) is 13.7 Å². The molecule has 1 aromatic heterocycles. The molecule has 1 N–H and O–H groups in total. The first-order valence-corrected chi connectivity index (χ1v) is 4.97. The Balaban J connectivity index is 2.48. The fourth-order valence-electron chi connectivity index (χ4n) is 1.43. The van der Waals surface area contributed by atoms with Crippen LogP contribution in [0.4, 0.5) is 0 Å². The molecule has 16 heavy (non-hydrogen) atoms. The van der Waals surface area contributed by atoms with Gasteiger partial charge in [-0.25, -0.2) is 4.68 Å². The van der Waals surface area contributed by atoms with Crippen molar-refractivity contribution in [3.63, 3.8) is 0 Å². The Morgan fingerprint density at radius 3 is 2.50 bits per heavy atom. The van der Waals surface area contributed by atoms with Crippen LogP contribution < -0.4 is 5.56 Å². The van der Waals surface area contributed by atoms with E-state index in [0.29, 0.717) is 5.69 Å². The zero-order chi connectivity index (χ0) is 11.5. The molecule has 0 saturated heterocycles. The van der Waals surface area contributed by atoms with Gasteiger partial charge in [-0.05, 0) is 13.0 Å². The van der Waals surface area contributed by atoms with Crippen LogP contribution in [-0.2, 0) is 6.73 Å². The standard InChI is InChI=1S/C12H12N2O2/c1-9-2-4-10(5-3-9)11-6-7-12(16)14(8-15)13-11/h2-7,15H,8H2,1H3. The zero-order valence-corrected chi connectivity index (χ0v) is 8.92. The monoisotopic (exact) mass is 216 g/mol. The summed E-state index contributed by atoms with van der Waals surface area (Å²) in [6, 6.07) is 10.9. The van der Waals surface area contributed by atoms with Gasteiger partial charge in [-0.1, -0.05) is 29.8 Å². The average molecular weight is 216 g/mol. The minimum atomic E-state index is -0.404. The second-order valence-corrected chi connectivity index (χ2v) is 3.56. The van der Waals surface area contributed by atoms with Gasteiger partial charge in [0.15, 0.2) is 0 Å². The molecule has 4 heteroatoms. The van der Waals surface area contributed by atoms with E-state index in [4.69, 9.17) is 5.11 Å². The van der Waals surface area contributed by atoms with Crippen LogP contribution >= 0.6 is 0 Å². The molecule has 0 aliphatic carbocycles. The Morgan fingerprint density at radius 2 is 1.88 bits per heavy atom. The molecule has 0 atom stereocenters. The van der Waals surface area contributed by atoms with Crippen molar-refractivity contribution in [1.82, 2.24) is 9.78 Å². The third kappa shape index (κ3) is 2.01. The number of aryl methyl sites for hydroxylation is 1. The molecule has 0 saturated carbocycles. The van der Waals surface area contributed by atoms with Crippen LogP contribution in [0.1, 0.15) is 5.56 Å². The number of aromatic nitrogens is 2. The van der Waals surface area contributed by atoms with Crippen molar-refractivity contribution in [3.8, 4) is 11.3 Å². The molecule has 1 heterocycles. The van der Waals surface area contributed by atoms with Gasteiger partial charge >= 0.3 is 0 Å². The van der Waals surface area contributed by atoms with Crippen LogP contribution in [0.2, 0.25) is 0 Å².